The number of amides is 1. The number of thiophene rings is 1. The van der Waals surface area contributed by atoms with Crippen LogP contribution in [0.25, 0.3) is 10.8 Å². The summed E-state index contributed by atoms with van der Waals surface area (Å²) in [5.74, 6) is 2.07. The Morgan fingerprint density at radius 3 is 2.86 bits per heavy atom. The fourth-order valence-electron chi connectivity index (χ4n) is 2.83. The van der Waals surface area contributed by atoms with Gasteiger partial charge in [0.2, 0.25) is 5.91 Å². The quantitative estimate of drug-likeness (QED) is 0.932. The van der Waals surface area contributed by atoms with Gasteiger partial charge in [-0.05, 0) is 37.1 Å². The minimum absolute atomic E-state index is 0.120. The zero-order valence-corrected chi connectivity index (χ0v) is 12.5. The van der Waals surface area contributed by atoms with Gasteiger partial charge in [0.05, 0.1) is 5.69 Å². The highest BCUT2D eigenvalue weighted by Gasteiger charge is 2.30. The zero-order chi connectivity index (χ0) is 14.2. The zero-order valence-electron chi connectivity index (χ0n) is 11.7. The van der Waals surface area contributed by atoms with Gasteiger partial charge in [-0.3, -0.25) is 4.79 Å². The van der Waals surface area contributed by atoms with Gasteiger partial charge in [-0.2, -0.15) is 4.98 Å². The molecule has 0 radical (unpaired) electrons. The Kier molecular flexibility index (Phi) is 3.25. The molecule has 2 aliphatic rings. The molecule has 5 nitrogen and oxygen atoms in total. The molecule has 0 atom stereocenters. The lowest BCUT2D eigenvalue weighted by atomic mass is 10.1. The second kappa shape index (κ2) is 5.26. The van der Waals surface area contributed by atoms with Crippen molar-refractivity contribution in [2.75, 3.05) is 5.32 Å². The van der Waals surface area contributed by atoms with E-state index in [1.807, 2.05) is 11.4 Å². The Balaban J connectivity index is 1.53. The molecule has 1 N–H and O–H groups in total. The number of carbonyl (C=O) groups is 1. The van der Waals surface area contributed by atoms with Crippen LogP contribution in [0, 0.1) is 5.92 Å². The van der Waals surface area contributed by atoms with Crippen LogP contribution < -0.4 is 5.32 Å². The average molecular weight is 303 g/mol. The van der Waals surface area contributed by atoms with E-state index < -0.39 is 0 Å². The molecule has 0 spiro atoms. The molecule has 4 rings (SSSR count). The summed E-state index contributed by atoms with van der Waals surface area (Å²) in [6.07, 6.45) is 6.60. The van der Waals surface area contributed by atoms with Gasteiger partial charge in [-0.1, -0.05) is 18.0 Å². The first kappa shape index (κ1) is 13.0. The standard InChI is InChI=1S/C15H17N3O2S/c19-14(10-3-1-2-4-10)16-11-7-8-21-12(11)15-17-13(18-20-15)9-5-6-9/h7-10H,1-6H2,(H,16,19). The van der Waals surface area contributed by atoms with Crippen molar-refractivity contribution in [2.45, 2.75) is 44.4 Å². The van der Waals surface area contributed by atoms with Crippen LogP contribution in [0.2, 0.25) is 0 Å². The number of hydrogen-bond acceptors (Lipinski definition) is 5. The van der Waals surface area contributed by atoms with Crippen LogP contribution >= 0.6 is 11.3 Å². The van der Waals surface area contributed by atoms with Crippen LogP contribution in [0.5, 0.6) is 0 Å². The van der Waals surface area contributed by atoms with E-state index in [9.17, 15) is 4.79 Å². The number of nitrogens with one attached hydrogen (secondary N) is 1. The molecule has 1 amide bonds. The maximum Gasteiger partial charge on any atom is 0.270 e. The van der Waals surface area contributed by atoms with E-state index in [1.54, 1.807) is 0 Å². The maximum absolute atomic E-state index is 12.2. The van der Waals surface area contributed by atoms with E-state index in [2.05, 4.69) is 15.5 Å². The fourth-order valence-corrected chi connectivity index (χ4v) is 3.60. The summed E-state index contributed by atoms with van der Waals surface area (Å²) in [4.78, 5) is 17.6. The molecule has 2 saturated carbocycles. The lowest BCUT2D eigenvalue weighted by Crippen LogP contribution is -2.20. The van der Waals surface area contributed by atoms with Crippen LogP contribution in [0.15, 0.2) is 16.0 Å². The fraction of sp³-hybridized carbons (Fsp3) is 0.533. The summed E-state index contributed by atoms with van der Waals surface area (Å²) in [5, 5.41) is 9.01. The van der Waals surface area contributed by atoms with Gasteiger partial charge in [0, 0.05) is 11.8 Å². The summed E-state index contributed by atoms with van der Waals surface area (Å²) in [6, 6.07) is 1.91. The number of nitrogens with zero attached hydrogens (tertiary/aromatic N) is 2. The Bertz CT molecular complexity index is 653. The summed E-state index contributed by atoms with van der Waals surface area (Å²) in [5.41, 5.74) is 0.794. The van der Waals surface area contributed by atoms with E-state index in [1.165, 1.54) is 11.3 Å². The second-order valence-electron chi connectivity index (χ2n) is 5.87. The minimum atomic E-state index is 0.120. The molecule has 2 aromatic rings. The van der Waals surface area contributed by atoms with Crippen molar-refractivity contribution < 1.29 is 9.32 Å². The van der Waals surface area contributed by atoms with Gasteiger partial charge in [0.25, 0.3) is 5.89 Å². The summed E-state index contributed by atoms with van der Waals surface area (Å²) >= 11 is 1.52. The van der Waals surface area contributed by atoms with Crippen molar-refractivity contribution in [1.29, 1.82) is 0 Å². The Labute approximate surface area is 126 Å². The van der Waals surface area contributed by atoms with E-state index >= 15 is 0 Å². The summed E-state index contributed by atoms with van der Waals surface area (Å²) in [7, 11) is 0. The Morgan fingerprint density at radius 1 is 1.29 bits per heavy atom. The molecule has 0 aromatic carbocycles. The van der Waals surface area contributed by atoms with Crippen molar-refractivity contribution in [3.05, 3.63) is 17.3 Å². The van der Waals surface area contributed by atoms with Crippen LogP contribution in [0.4, 0.5) is 5.69 Å². The van der Waals surface area contributed by atoms with Crippen molar-refractivity contribution in [2.24, 2.45) is 5.92 Å². The number of aromatic nitrogens is 2. The number of rotatable bonds is 4. The number of carbonyl (C=O) groups excluding carboxylic acids is 1. The highest BCUT2D eigenvalue weighted by Crippen LogP contribution is 2.40. The normalized spacial score (nSPS) is 19.0. The first-order chi connectivity index (χ1) is 10.3. The molecule has 2 heterocycles. The predicted octanol–water partition coefficient (Wildman–Crippen LogP) is 3.80. The highest BCUT2D eigenvalue weighted by atomic mass is 32.1. The predicted molar refractivity (Wildman–Crippen MR) is 80.2 cm³/mol. The van der Waals surface area contributed by atoms with E-state index in [-0.39, 0.29) is 11.8 Å². The second-order valence-corrected chi connectivity index (χ2v) is 6.78. The SMILES string of the molecule is O=C(Nc1ccsc1-c1nc(C2CC2)no1)C1CCCC1. The van der Waals surface area contributed by atoms with Crippen molar-refractivity contribution in [3.63, 3.8) is 0 Å². The van der Waals surface area contributed by atoms with Gasteiger partial charge in [-0.15, -0.1) is 11.3 Å². The third-order valence-corrected chi connectivity index (χ3v) is 5.13. The largest absolute Gasteiger partial charge is 0.333 e. The van der Waals surface area contributed by atoms with Gasteiger partial charge in [0.1, 0.15) is 4.88 Å². The summed E-state index contributed by atoms with van der Waals surface area (Å²) < 4.78 is 5.36. The number of hydrogen-bond donors (Lipinski definition) is 1. The van der Waals surface area contributed by atoms with E-state index in [4.69, 9.17) is 4.52 Å². The van der Waals surface area contributed by atoms with Crippen molar-refractivity contribution in [3.8, 4) is 10.8 Å². The number of anilines is 1. The molecule has 0 unspecified atom stereocenters. The third kappa shape index (κ3) is 2.60. The lowest BCUT2D eigenvalue weighted by Gasteiger charge is -2.09. The van der Waals surface area contributed by atoms with Gasteiger partial charge in [0.15, 0.2) is 5.82 Å². The van der Waals surface area contributed by atoms with Gasteiger partial charge in [-0.25, -0.2) is 0 Å². The molecule has 110 valence electrons. The third-order valence-electron chi connectivity index (χ3n) is 4.23. The van der Waals surface area contributed by atoms with Crippen molar-refractivity contribution >= 4 is 22.9 Å². The van der Waals surface area contributed by atoms with Crippen LogP contribution in [0.1, 0.15) is 50.3 Å². The maximum atomic E-state index is 12.2. The molecule has 2 fully saturated rings. The molecule has 0 saturated heterocycles. The van der Waals surface area contributed by atoms with Crippen LogP contribution in [0.3, 0.4) is 0 Å². The van der Waals surface area contributed by atoms with Gasteiger partial charge >= 0.3 is 0 Å². The van der Waals surface area contributed by atoms with Crippen LogP contribution in [-0.2, 0) is 4.79 Å². The summed E-state index contributed by atoms with van der Waals surface area (Å²) in [6.45, 7) is 0. The first-order valence-electron chi connectivity index (χ1n) is 7.53. The molecule has 2 aromatic heterocycles. The monoisotopic (exact) mass is 303 g/mol. The Hall–Kier alpha value is -1.69. The Morgan fingerprint density at radius 2 is 2.10 bits per heavy atom. The topological polar surface area (TPSA) is 68.0 Å². The molecule has 2 aliphatic carbocycles. The van der Waals surface area contributed by atoms with Crippen molar-refractivity contribution in [1.82, 2.24) is 10.1 Å². The molecule has 0 bridgehead atoms. The highest BCUT2D eigenvalue weighted by molar-refractivity contribution is 7.14. The average Bonchev–Trinajstić information content (AvgIpc) is 2.95. The minimum Gasteiger partial charge on any atom is -0.333 e. The van der Waals surface area contributed by atoms with Gasteiger partial charge < -0.3 is 9.84 Å². The molecule has 21 heavy (non-hydrogen) atoms. The molecular formula is C15H17N3O2S. The molecule has 0 aliphatic heterocycles. The van der Waals surface area contributed by atoms with E-state index in [0.29, 0.717) is 11.8 Å². The smallest absolute Gasteiger partial charge is 0.270 e. The molecule has 6 heteroatoms. The van der Waals surface area contributed by atoms with E-state index in [0.717, 1.165) is 54.9 Å². The van der Waals surface area contributed by atoms with Crippen LogP contribution in [-0.4, -0.2) is 16.0 Å². The lowest BCUT2D eigenvalue weighted by molar-refractivity contribution is -0.119. The first-order valence-corrected chi connectivity index (χ1v) is 8.41. The molecular weight excluding hydrogens is 286 g/mol.